The van der Waals surface area contributed by atoms with Gasteiger partial charge in [0, 0.05) is 0 Å². The quantitative estimate of drug-likeness (QED) is 0.233. The van der Waals surface area contributed by atoms with E-state index in [9.17, 15) is 10.2 Å². The average Bonchev–Trinajstić information content (AvgIpc) is 3.50. The number of hydrogen-bond acceptors (Lipinski definition) is 2. The van der Waals surface area contributed by atoms with Crippen molar-refractivity contribution in [1.82, 2.24) is 0 Å². The molecule has 2 aromatic carbocycles. The molecule has 1 aliphatic heterocycles. The molecule has 0 spiro atoms. The van der Waals surface area contributed by atoms with Gasteiger partial charge in [-0.1, -0.05) is 0 Å². The summed E-state index contributed by atoms with van der Waals surface area (Å²) in [4.78, 5) is 0. The second kappa shape index (κ2) is 16.0. The van der Waals surface area contributed by atoms with E-state index in [1.54, 1.807) is 0 Å². The number of rotatable bonds is 10. The van der Waals surface area contributed by atoms with Crippen molar-refractivity contribution in [2.75, 3.05) is 0 Å². The van der Waals surface area contributed by atoms with Gasteiger partial charge in [0.15, 0.2) is 0 Å². The van der Waals surface area contributed by atoms with E-state index in [2.05, 4.69) is 93.5 Å². The fourth-order valence-electron chi connectivity index (χ4n) is 18.1. The van der Waals surface area contributed by atoms with Gasteiger partial charge in [0.1, 0.15) is 0 Å². The molecular weight excluding hydrogens is 841 g/mol. The number of aromatic hydroxyl groups is 2. The molecule has 10 aliphatic rings. The zero-order valence-electron chi connectivity index (χ0n) is 41.8. The van der Waals surface area contributed by atoms with E-state index in [1.807, 2.05) is 0 Å². The summed E-state index contributed by atoms with van der Waals surface area (Å²) in [5.41, 5.74) is 10.5. The van der Waals surface area contributed by atoms with E-state index in [1.165, 1.54) is 175 Å². The van der Waals surface area contributed by atoms with Crippen LogP contribution in [0.2, 0.25) is 0 Å². The number of phenols is 2. The Hall–Kier alpha value is -0.546. The van der Waals surface area contributed by atoms with Gasteiger partial charge >= 0.3 is 398 Å². The van der Waals surface area contributed by atoms with E-state index in [4.69, 9.17) is 0 Å². The van der Waals surface area contributed by atoms with Crippen LogP contribution in [0.1, 0.15) is 244 Å². The van der Waals surface area contributed by atoms with Gasteiger partial charge in [-0.3, -0.25) is 0 Å². The Morgan fingerprint density at radius 1 is 0.508 bits per heavy atom. The molecule has 8 atom stereocenters. The van der Waals surface area contributed by atoms with Gasteiger partial charge in [-0.15, -0.1) is 0 Å². The van der Waals surface area contributed by atoms with Gasteiger partial charge in [0.25, 0.3) is 0 Å². The van der Waals surface area contributed by atoms with Crippen LogP contribution in [-0.2, 0) is 48.6 Å². The molecule has 5 heteroatoms. The minimum atomic E-state index is -0.301. The third-order valence-electron chi connectivity index (χ3n) is 20.6. The van der Waals surface area contributed by atoms with Crippen LogP contribution in [0.4, 0.5) is 0 Å². The van der Waals surface area contributed by atoms with Crippen LogP contribution < -0.4 is 0 Å². The van der Waals surface area contributed by atoms with Gasteiger partial charge < -0.3 is 0 Å². The van der Waals surface area contributed by atoms with Gasteiger partial charge in [-0.05, 0) is 0 Å². The van der Waals surface area contributed by atoms with E-state index < -0.39 is 0 Å². The summed E-state index contributed by atoms with van der Waals surface area (Å²) in [6.07, 6.45) is 29.9. The zero-order valence-corrected chi connectivity index (χ0v) is 45.0. The molecule has 9 fully saturated rings. The topological polar surface area (TPSA) is 40.5 Å². The Morgan fingerprint density at radius 3 is 1.17 bits per heavy atom. The minimum absolute atomic E-state index is 0.0457. The molecule has 63 heavy (non-hydrogen) atoms. The molecule has 12 rings (SSSR count). The van der Waals surface area contributed by atoms with Crippen molar-refractivity contribution in [2.45, 2.75) is 254 Å². The summed E-state index contributed by atoms with van der Waals surface area (Å²) in [7, 11) is 0.673. The predicted molar refractivity (Wildman–Crippen MR) is 268 cm³/mol. The molecule has 9 aliphatic carbocycles. The first kappa shape index (κ1) is 46.2. The first-order valence-corrected chi connectivity index (χ1v) is 33.4. The average molecular weight is 929 g/mol. The van der Waals surface area contributed by atoms with Gasteiger partial charge in [0.05, 0.1) is 0 Å². The van der Waals surface area contributed by atoms with Crippen molar-refractivity contribution in [3.63, 3.8) is 0 Å². The van der Waals surface area contributed by atoms with Crippen molar-refractivity contribution in [1.29, 1.82) is 0 Å². The monoisotopic (exact) mass is 929 g/mol. The Morgan fingerprint density at radius 2 is 0.857 bits per heavy atom. The van der Waals surface area contributed by atoms with Crippen molar-refractivity contribution in [2.24, 2.45) is 33.5 Å². The number of hydrogen-bond donors (Lipinski definition) is 2. The summed E-state index contributed by atoms with van der Waals surface area (Å²) in [6.45, 7) is 24.5. The van der Waals surface area contributed by atoms with Crippen molar-refractivity contribution < 1.29 is 25.7 Å². The SMILES string of the molecule is CCC12CC3CC(CC)(C1)CC(c1cc(C(C)(C)C)cc(C[S]4=[Ti]=[S](Cc5cc(C(C)(C)C)cc(C67CC8CC(CC)(CC(CC)(C8)C6)C7)c5O)[C@H]5CCCCCC[C@@H]54)c1O)(C3)C2. The summed E-state index contributed by atoms with van der Waals surface area (Å²) in [5, 5.41) is 27.5. The van der Waals surface area contributed by atoms with Crippen LogP contribution in [0, 0.1) is 33.5 Å². The first-order valence-electron chi connectivity index (χ1n) is 26.6. The van der Waals surface area contributed by atoms with Crippen molar-refractivity contribution in [3.8, 4) is 11.5 Å². The summed E-state index contributed by atoms with van der Waals surface area (Å²) in [6, 6.07) is 10.1. The molecule has 9 saturated carbocycles. The molecule has 8 bridgehead atoms. The molecular formula is C58H88O2S2Ti. The Labute approximate surface area is 395 Å². The second-order valence-electron chi connectivity index (χ2n) is 26.9. The molecule has 0 amide bonds. The second-order valence-corrected chi connectivity index (χ2v) is 38.3. The normalized spacial score (nSPS) is 41.6. The van der Waals surface area contributed by atoms with E-state index in [-0.39, 0.29) is 37.1 Å². The number of benzene rings is 2. The van der Waals surface area contributed by atoms with E-state index >= 15 is 0 Å². The Balaban J connectivity index is 1.07. The molecule has 0 radical (unpaired) electrons. The Kier molecular flexibility index (Phi) is 11.7. The molecule has 2 nitrogen and oxygen atoms in total. The zero-order chi connectivity index (χ0) is 44.6. The molecule has 348 valence electrons. The van der Waals surface area contributed by atoms with Crippen LogP contribution in [0.3, 0.4) is 0 Å². The molecule has 2 N–H and O–H groups in total. The van der Waals surface area contributed by atoms with Crippen molar-refractivity contribution in [3.05, 3.63) is 57.6 Å². The van der Waals surface area contributed by atoms with E-state index in [0.717, 1.165) is 45.3 Å². The van der Waals surface area contributed by atoms with Crippen LogP contribution in [0.25, 0.3) is 0 Å². The standard InChI is InChI=1S/C58H88O2S2.Ti/c1-11-53-25-39-26-54(12-2,33-53)36-57(29-39,35-53)45-23-43(51(5,6)7)21-41(49(45)59)31-61-47-19-17-15-16-18-20-48(47)62-32-42-22-44(52(8,9)10)24-46(50(42)60)58-30-40-27-55(13-3,37-58)34-56(14-4,28-40)38-58;/h21-24,39-40,47-48,59-60H,11-20,25-38H2,1-10H3;/t39?,40?,47-,48-,53?,54?,55?,56?,57?,58?;/m0./s1. The van der Waals surface area contributed by atoms with Crippen LogP contribution in [-0.4, -0.2) is 20.7 Å². The van der Waals surface area contributed by atoms with Crippen molar-refractivity contribution >= 4 is 15.9 Å². The van der Waals surface area contributed by atoms with Crippen LogP contribution in [0.15, 0.2) is 24.3 Å². The summed E-state index contributed by atoms with van der Waals surface area (Å²) < 4.78 is 0. The van der Waals surface area contributed by atoms with Gasteiger partial charge in [-0.2, -0.15) is 0 Å². The van der Waals surface area contributed by atoms with Crippen LogP contribution >= 0.6 is 15.9 Å². The third-order valence-corrected chi connectivity index (χ3v) is 36.5. The predicted octanol–water partition coefficient (Wildman–Crippen LogP) is 17.0. The molecule has 2 aromatic rings. The van der Waals surface area contributed by atoms with Gasteiger partial charge in [-0.25, -0.2) is 0 Å². The molecule has 1 heterocycles. The van der Waals surface area contributed by atoms with Gasteiger partial charge in [0.2, 0.25) is 0 Å². The maximum absolute atomic E-state index is 13.0. The molecule has 6 unspecified atom stereocenters. The van der Waals surface area contributed by atoms with Crippen LogP contribution in [0.5, 0.6) is 11.5 Å². The van der Waals surface area contributed by atoms with E-state index in [0.29, 0.717) is 37.6 Å². The third kappa shape index (κ3) is 7.84. The summed E-state index contributed by atoms with van der Waals surface area (Å²) >= 11 is -0.301. The first-order chi connectivity index (χ1) is 29.7. The number of fused-ring (bicyclic) bond motifs is 1. The fraction of sp³-hybridized carbons (Fsp3) is 0.793. The fourth-order valence-corrected chi connectivity index (χ4v) is 38.9. The molecule has 0 aromatic heterocycles. The molecule has 0 saturated heterocycles. The number of phenolic OH excluding ortho intramolecular Hbond substituents is 2. The maximum atomic E-state index is 13.0. The Bertz CT molecular complexity index is 2020. The summed E-state index contributed by atoms with van der Waals surface area (Å²) in [5.74, 6) is 5.29.